The molecule has 0 aromatic heterocycles. The predicted molar refractivity (Wildman–Crippen MR) is 65.4 cm³/mol. The van der Waals surface area contributed by atoms with Gasteiger partial charge in [-0.3, -0.25) is 0 Å². The van der Waals surface area contributed by atoms with Gasteiger partial charge in [-0.2, -0.15) is 17.0 Å². The maximum absolute atomic E-state index is 12.1. The van der Waals surface area contributed by atoms with E-state index in [-0.39, 0.29) is 0 Å². The fourth-order valence-corrected chi connectivity index (χ4v) is 3.74. The normalized spacial score (nSPS) is 18.9. The fraction of sp³-hybridized carbons (Fsp3) is 1.00. The Bertz CT molecular complexity index is 276. The Labute approximate surface area is 101 Å². The minimum atomic E-state index is -3.18. The van der Waals surface area contributed by atoms with Crippen LogP contribution in [0.3, 0.4) is 0 Å². The van der Waals surface area contributed by atoms with Crippen molar-refractivity contribution in [1.82, 2.24) is 8.61 Å². The molecule has 1 saturated heterocycles. The van der Waals surface area contributed by atoms with Crippen molar-refractivity contribution in [3.63, 3.8) is 0 Å². The second kappa shape index (κ2) is 6.18. The zero-order chi connectivity index (χ0) is 11.3. The van der Waals surface area contributed by atoms with Crippen molar-refractivity contribution >= 4 is 26.1 Å². The van der Waals surface area contributed by atoms with Crippen molar-refractivity contribution in [2.75, 3.05) is 31.5 Å². The molecule has 1 heterocycles. The average molecular weight is 299 g/mol. The van der Waals surface area contributed by atoms with Gasteiger partial charge in [0.15, 0.2) is 0 Å². The highest BCUT2D eigenvalue weighted by atomic mass is 79.9. The molecule has 0 atom stereocenters. The average Bonchev–Trinajstić information content (AvgIpc) is 2.72. The zero-order valence-corrected chi connectivity index (χ0v) is 11.6. The van der Waals surface area contributed by atoms with Gasteiger partial charge in [0.2, 0.25) is 0 Å². The number of alkyl halides is 1. The summed E-state index contributed by atoms with van der Waals surface area (Å²) in [5.74, 6) is 0. The lowest BCUT2D eigenvalue weighted by Gasteiger charge is -2.25. The standard InChI is InChI=1S/C9H19BrN2O2S/c1-2-11(9-5-6-10)15(13,14)12-7-3-4-8-12/h2-9H2,1H3. The van der Waals surface area contributed by atoms with Gasteiger partial charge in [-0.1, -0.05) is 22.9 Å². The van der Waals surface area contributed by atoms with Crippen LogP contribution in [0.2, 0.25) is 0 Å². The van der Waals surface area contributed by atoms with Crippen LogP contribution >= 0.6 is 15.9 Å². The summed E-state index contributed by atoms with van der Waals surface area (Å²) in [7, 11) is -3.18. The minimum absolute atomic E-state index is 0.561. The Hall–Kier alpha value is 0.350. The summed E-state index contributed by atoms with van der Waals surface area (Å²) in [4.78, 5) is 0. The van der Waals surface area contributed by atoms with E-state index in [2.05, 4.69) is 15.9 Å². The monoisotopic (exact) mass is 298 g/mol. The molecule has 0 radical (unpaired) electrons. The lowest BCUT2D eigenvalue weighted by Crippen LogP contribution is -2.42. The highest BCUT2D eigenvalue weighted by Crippen LogP contribution is 2.16. The van der Waals surface area contributed by atoms with Gasteiger partial charge in [-0.25, -0.2) is 0 Å². The van der Waals surface area contributed by atoms with Gasteiger partial charge in [0.25, 0.3) is 10.2 Å². The summed E-state index contributed by atoms with van der Waals surface area (Å²) in [5.41, 5.74) is 0. The SMILES string of the molecule is CCN(CCCBr)S(=O)(=O)N1CCCC1. The highest BCUT2D eigenvalue weighted by Gasteiger charge is 2.30. The van der Waals surface area contributed by atoms with Crippen molar-refractivity contribution < 1.29 is 8.42 Å². The zero-order valence-electron chi connectivity index (χ0n) is 9.15. The molecule has 0 saturated carbocycles. The van der Waals surface area contributed by atoms with Crippen LogP contribution in [0.25, 0.3) is 0 Å². The smallest absolute Gasteiger partial charge is 0.195 e. The molecule has 0 unspecified atom stereocenters. The Morgan fingerprint density at radius 3 is 2.40 bits per heavy atom. The molecule has 0 bridgehead atoms. The summed E-state index contributed by atoms with van der Waals surface area (Å²) in [5, 5.41) is 0.846. The highest BCUT2D eigenvalue weighted by molar-refractivity contribution is 9.09. The summed E-state index contributed by atoms with van der Waals surface area (Å²) in [6, 6.07) is 0. The Morgan fingerprint density at radius 1 is 1.33 bits per heavy atom. The van der Waals surface area contributed by atoms with Crippen LogP contribution in [0.4, 0.5) is 0 Å². The topological polar surface area (TPSA) is 40.6 Å². The number of halogens is 1. The molecule has 4 nitrogen and oxygen atoms in total. The van der Waals surface area contributed by atoms with E-state index >= 15 is 0 Å². The van der Waals surface area contributed by atoms with Crippen molar-refractivity contribution in [3.8, 4) is 0 Å². The minimum Gasteiger partial charge on any atom is -0.195 e. The molecule has 0 aromatic carbocycles. The number of hydrogen-bond donors (Lipinski definition) is 0. The van der Waals surface area contributed by atoms with E-state index in [4.69, 9.17) is 0 Å². The third-order valence-electron chi connectivity index (χ3n) is 2.61. The van der Waals surface area contributed by atoms with Crippen molar-refractivity contribution in [2.45, 2.75) is 26.2 Å². The molecule has 1 aliphatic rings. The van der Waals surface area contributed by atoms with Crippen molar-refractivity contribution in [2.24, 2.45) is 0 Å². The first kappa shape index (κ1) is 13.4. The Kier molecular flexibility index (Phi) is 5.52. The van der Waals surface area contributed by atoms with E-state index in [1.165, 1.54) is 0 Å². The summed E-state index contributed by atoms with van der Waals surface area (Å²) in [6.45, 7) is 4.44. The molecule has 1 rings (SSSR count). The van der Waals surface area contributed by atoms with Crippen LogP contribution in [-0.2, 0) is 10.2 Å². The summed E-state index contributed by atoms with van der Waals surface area (Å²) >= 11 is 3.32. The van der Waals surface area contributed by atoms with E-state index in [1.807, 2.05) is 6.92 Å². The molecule has 0 aromatic rings. The molecule has 0 aliphatic carbocycles. The van der Waals surface area contributed by atoms with Crippen LogP contribution in [0.15, 0.2) is 0 Å². The van der Waals surface area contributed by atoms with Crippen molar-refractivity contribution in [3.05, 3.63) is 0 Å². The van der Waals surface area contributed by atoms with Crippen LogP contribution < -0.4 is 0 Å². The van der Waals surface area contributed by atoms with Gasteiger partial charge in [0.1, 0.15) is 0 Å². The Morgan fingerprint density at radius 2 is 1.93 bits per heavy atom. The van der Waals surface area contributed by atoms with Crippen molar-refractivity contribution in [1.29, 1.82) is 0 Å². The van der Waals surface area contributed by atoms with Gasteiger partial charge >= 0.3 is 0 Å². The maximum Gasteiger partial charge on any atom is 0.281 e. The first-order chi connectivity index (χ1) is 7.12. The largest absolute Gasteiger partial charge is 0.281 e. The van der Waals surface area contributed by atoms with Gasteiger partial charge < -0.3 is 0 Å². The molecular formula is C9H19BrN2O2S. The molecule has 0 N–H and O–H groups in total. The van der Waals surface area contributed by atoms with Gasteiger partial charge in [0, 0.05) is 31.5 Å². The van der Waals surface area contributed by atoms with Gasteiger partial charge in [-0.05, 0) is 19.3 Å². The van der Waals surface area contributed by atoms with E-state index in [0.717, 1.165) is 24.6 Å². The second-order valence-electron chi connectivity index (χ2n) is 3.65. The maximum atomic E-state index is 12.1. The third kappa shape index (κ3) is 3.41. The second-order valence-corrected chi connectivity index (χ2v) is 6.37. The van der Waals surface area contributed by atoms with Gasteiger partial charge in [-0.15, -0.1) is 0 Å². The summed E-state index contributed by atoms with van der Waals surface area (Å²) < 4.78 is 27.4. The van der Waals surface area contributed by atoms with Crippen LogP contribution in [0, 0.1) is 0 Å². The number of rotatable bonds is 6. The fourth-order valence-electron chi connectivity index (χ4n) is 1.75. The quantitative estimate of drug-likeness (QED) is 0.696. The molecule has 15 heavy (non-hydrogen) atoms. The summed E-state index contributed by atoms with van der Waals surface area (Å²) in [6.07, 6.45) is 2.85. The first-order valence-corrected chi connectivity index (χ1v) is 7.96. The Balaban J connectivity index is 2.63. The molecule has 0 spiro atoms. The van der Waals surface area contributed by atoms with E-state index in [1.54, 1.807) is 8.61 Å². The molecule has 0 amide bonds. The predicted octanol–water partition coefficient (Wildman–Crippen LogP) is 1.43. The molecular weight excluding hydrogens is 280 g/mol. The first-order valence-electron chi connectivity index (χ1n) is 5.44. The number of hydrogen-bond acceptors (Lipinski definition) is 2. The van der Waals surface area contributed by atoms with Crippen LogP contribution in [-0.4, -0.2) is 48.5 Å². The lowest BCUT2D eigenvalue weighted by atomic mass is 10.4. The van der Waals surface area contributed by atoms with E-state index in [9.17, 15) is 8.42 Å². The van der Waals surface area contributed by atoms with Crippen LogP contribution in [0.1, 0.15) is 26.2 Å². The van der Waals surface area contributed by atoms with Gasteiger partial charge in [0.05, 0.1) is 0 Å². The van der Waals surface area contributed by atoms with E-state index in [0.29, 0.717) is 26.2 Å². The lowest BCUT2D eigenvalue weighted by molar-refractivity contribution is 0.370. The molecule has 1 aliphatic heterocycles. The number of nitrogens with zero attached hydrogens (tertiary/aromatic N) is 2. The molecule has 6 heteroatoms. The van der Waals surface area contributed by atoms with E-state index < -0.39 is 10.2 Å². The molecule has 90 valence electrons. The molecule has 1 fully saturated rings. The third-order valence-corrected chi connectivity index (χ3v) is 5.28. The van der Waals surface area contributed by atoms with Crippen LogP contribution in [0.5, 0.6) is 0 Å².